The van der Waals surface area contributed by atoms with Gasteiger partial charge in [0, 0.05) is 24.2 Å². The van der Waals surface area contributed by atoms with Crippen LogP contribution in [0, 0.1) is 10.1 Å². The molecule has 2 fully saturated rings. The summed E-state index contributed by atoms with van der Waals surface area (Å²) in [4.78, 5) is 16.7. The van der Waals surface area contributed by atoms with Crippen LogP contribution in [-0.4, -0.2) is 28.0 Å². The number of anilines is 2. The molecule has 2 saturated heterocycles. The van der Waals surface area contributed by atoms with Crippen molar-refractivity contribution in [2.24, 2.45) is 5.73 Å². The number of nitrogen functional groups attached to an aromatic ring is 1. The van der Waals surface area contributed by atoms with E-state index in [2.05, 4.69) is 9.88 Å². The molecule has 0 spiro atoms. The number of piperidine rings is 1. The summed E-state index contributed by atoms with van der Waals surface area (Å²) < 4.78 is 0. The van der Waals surface area contributed by atoms with Gasteiger partial charge in [-0.2, -0.15) is 0 Å². The lowest BCUT2D eigenvalue weighted by Crippen LogP contribution is -2.47. The Balaban J connectivity index is 1.91. The van der Waals surface area contributed by atoms with Gasteiger partial charge in [-0.25, -0.2) is 4.98 Å². The molecule has 0 aliphatic carbocycles. The second-order valence-corrected chi connectivity index (χ2v) is 5.35. The zero-order valence-corrected chi connectivity index (χ0v) is 10.5. The summed E-state index contributed by atoms with van der Waals surface area (Å²) in [6.45, 7) is 0. The molecule has 0 aromatic carbocycles. The van der Waals surface area contributed by atoms with Crippen LogP contribution in [0.3, 0.4) is 0 Å². The molecule has 0 radical (unpaired) electrons. The van der Waals surface area contributed by atoms with Crippen molar-refractivity contribution in [1.82, 2.24) is 4.98 Å². The molecule has 1 aromatic heterocycles. The molecular weight excluding hydrogens is 246 g/mol. The van der Waals surface area contributed by atoms with Gasteiger partial charge in [0.15, 0.2) is 0 Å². The minimum atomic E-state index is -0.507. The van der Waals surface area contributed by atoms with E-state index in [9.17, 15) is 10.1 Å². The Hall–Kier alpha value is -1.89. The average Bonchev–Trinajstić information content (AvgIpc) is 2.61. The second-order valence-electron chi connectivity index (χ2n) is 5.35. The number of fused-ring (bicyclic) bond motifs is 2. The summed E-state index contributed by atoms with van der Waals surface area (Å²) in [5, 5.41) is 10.7. The largest absolute Gasteiger partial charge is 0.378 e. The van der Waals surface area contributed by atoms with Crippen molar-refractivity contribution in [2.45, 2.75) is 43.8 Å². The average molecular weight is 263 g/mol. The van der Waals surface area contributed by atoms with E-state index >= 15 is 0 Å². The van der Waals surface area contributed by atoms with E-state index in [1.54, 1.807) is 6.07 Å². The monoisotopic (exact) mass is 263 g/mol. The highest BCUT2D eigenvalue weighted by atomic mass is 16.6. The third kappa shape index (κ3) is 1.99. The summed E-state index contributed by atoms with van der Waals surface area (Å²) in [6.07, 6.45) is 4.12. The highest BCUT2D eigenvalue weighted by molar-refractivity contribution is 5.59. The van der Waals surface area contributed by atoms with Gasteiger partial charge in [0.05, 0.1) is 4.92 Å². The normalized spacial score (nSPS) is 29.5. The zero-order chi connectivity index (χ0) is 13.6. The maximum Gasteiger partial charge on any atom is 0.311 e. The van der Waals surface area contributed by atoms with Crippen molar-refractivity contribution in [1.29, 1.82) is 0 Å². The number of rotatable bonds is 2. The summed E-state index contributed by atoms with van der Waals surface area (Å²) >= 11 is 0. The van der Waals surface area contributed by atoms with E-state index in [0.29, 0.717) is 12.1 Å². The van der Waals surface area contributed by atoms with E-state index in [-0.39, 0.29) is 17.5 Å². The van der Waals surface area contributed by atoms with Crippen molar-refractivity contribution in [3.63, 3.8) is 0 Å². The van der Waals surface area contributed by atoms with Crippen molar-refractivity contribution in [2.75, 3.05) is 10.6 Å². The lowest BCUT2D eigenvalue weighted by atomic mass is 9.98. The van der Waals surface area contributed by atoms with Gasteiger partial charge in [-0.1, -0.05) is 0 Å². The lowest BCUT2D eigenvalue weighted by Gasteiger charge is -2.38. The van der Waals surface area contributed by atoms with E-state index in [1.165, 1.54) is 6.07 Å². The Morgan fingerprint density at radius 2 is 1.95 bits per heavy atom. The Kier molecular flexibility index (Phi) is 2.78. The molecule has 0 saturated carbocycles. The van der Waals surface area contributed by atoms with Crippen LogP contribution < -0.4 is 16.4 Å². The van der Waals surface area contributed by atoms with E-state index in [4.69, 9.17) is 11.5 Å². The molecule has 2 unspecified atom stereocenters. The fraction of sp³-hybridized carbons (Fsp3) is 0.583. The third-order valence-electron chi connectivity index (χ3n) is 4.12. The first kappa shape index (κ1) is 12.2. The van der Waals surface area contributed by atoms with Crippen LogP contribution in [0.5, 0.6) is 0 Å². The number of nitrogens with two attached hydrogens (primary N) is 2. The molecule has 3 heterocycles. The van der Waals surface area contributed by atoms with Crippen molar-refractivity contribution >= 4 is 17.3 Å². The minimum absolute atomic E-state index is 0.0169. The lowest BCUT2D eigenvalue weighted by molar-refractivity contribution is -0.384. The van der Waals surface area contributed by atoms with Crippen molar-refractivity contribution in [3.8, 4) is 0 Å². The molecule has 19 heavy (non-hydrogen) atoms. The first-order valence-corrected chi connectivity index (χ1v) is 6.51. The fourth-order valence-electron chi connectivity index (χ4n) is 3.35. The molecule has 2 aliphatic rings. The van der Waals surface area contributed by atoms with Crippen LogP contribution in [-0.2, 0) is 0 Å². The number of nitrogens with zero attached hydrogens (tertiary/aromatic N) is 3. The Bertz CT molecular complexity index is 507. The quantitative estimate of drug-likeness (QED) is 0.609. The zero-order valence-electron chi connectivity index (χ0n) is 10.5. The van der Waals surface area contributed by atoms with Gasteiger partial charge in [0.2, 0.25) is 5.82 Å². The number of nitro groups is 1. The summed E-state index contributed by atoms with van der Waals surface area (Å²) in [5.74, 6) is 0.722. The fourth-order valence-corrected chi connectivity index (χ4v) is 3.35. The van der Waals surface area contributed by atoms with Crippen LogP contribution in [0.2, 0.25) is 0 Å². The SMILES string of the molecule is Nc1nc(N2C3CCC2CC(N)C3)ccc1[N+](=O)[O-]. The number of aromatic nitrogens is 1. The predicted molar refractivity (Wildman–Crippen MR) is 71.8 cm³/mol. The Morgan fingerprint density at radius 3 is 2.47 bits per heavy atom. The molecule has 7 nitrogen and oxygen atoms in total. The molecule has 102 valence electrons. The third-order valence-corrected chi connectivity index (χ3v) is 4.12. The Labute approximate surface area is 110 Å². The molecule has 0 amide bonds. The van der Waals surface area contributed by atoms with Gasteiger partial charge < -0.3 is 16.4 Å². The highest BCUT2D eigenvalue weighted by Crippen LogP contribution is 2.38. The van der Waals surface area contributed by atoms with Gasteiger partial charge >= 0.3 is 5.69 Å². The summed E-state index contributed by atoms with van der Waals surface area (Å²) in [5.41, 5.74) is 11.6. The van der Waals surface area contributed by atoms with Crippen molar-refractivity contribution in [3.05, 3.63) is 22.2 Å². The van der Waals surface area contributed by atoms with E-state index in [0.717, 1.165) is 31.5 Å². The molecule has 7 heteroatoms. The van der Waals surface area contributed by atoms with Gasteiger partial charge in [-0.05, 0) is 31.7 Å². The molecule has 3 rings (SSSR count). The minimum Gasteiger partial charge on any atom is -0.378 e. The van der Waals surface area contributed by atoms with Gasteiger partial charge in [0.25, 0.3) is 0 Å². The molecule has 1 aromatic rings. The number of hydrogen-bond acceptors (Lipinski definition) is 6. The van der Waals surface area contributed by atoms with E-state index < -0.39 is 4.92 Å². The van der Waals surface area contributed by atoms with Gasteiger partial charge in [-0.3, -0.25) is 10.1 Å². The molecule has 2 aliphatic heterocycles. The summed E-state index contributed by atoms with van der Waals surface area (Å²) in [6, 6.07) is 4.16. The first-order chi connectivity index (χ1) is 9.06. The van der Waals surface area contributed by atoms with Gasteiger partial charge in [-0.15, -0.1) is 0 Å². The van der Waals surface area contributed by atoms with Crippen LogP contribution in [0.15, 0.2) is 12.1 Å². The highest BCUT2D eigenvalue weighted by Gasteiger charge is 2.40. The van der Waals surface area contributed by atoms with Crippen LogP contribution >= 0.6 is 0 Å². The molecule has 2 atom stereocenters. The maximum absolute atomic E-state index is 10.7. The Morgan fingerprint density at radius 1 is 1.32 bits per heavy atom. The van der Waals surface area contributed by atoms with Gasteiger partial charge in [0.1, 0.15) is 5.82 Å². The van der Waals surface area contributed by atoms with Crippen LogP contribution in [0.1, 0.15) is 25.7 Å². The topological polar surface area (TPSA) is 111 Å². The number of hydrogen-bond donors (Lipinski definition) is 2. The van der Waals surface area contributed by atoms with Crippen LogP contribution in [0.4, 0.5) is 17.3 Å². The smallest absolute Gasteiger partial charge is 0.311 e. The standard InChI is InChI=1S/C12H17N5O2/c13-7-5-8-1-2-9(6-7)16(8)11-4-3-10(17(18)19)12(14)15-11/h3-4,7-9H,1-2,5-6,13H2,(H2,14,15). The maximum atomic E-state index is 10.7. The summed E-state index contributed by atoms with van der Waals surface area (Å²) in [7, 11) is 0. The molecular formula is C12H17N5O2. The predicted octanol–water partition coefficient (Wildman–Crippen LogP) is 1.03. The first-order valence-electron chi connectivity index (χ1n) is 6.51. The molecule has 4 N–H and O–H groups in total. The van der Waals surface area contributed by atoms with Crippen molar-refractivity contribution < 1.29 is 4.92 Å². The van der Waals surface area contributed by atoms with Crippen LogP contribution in [0.25, 0.3) is 0 Å². The molecule has 2 bridgehead atoms. The number of pyridine rings is 1. The van der Waals surface area contributed by atoms with E-state index in [1.807, 2.05) is 0 Å². The second kappa shape index (κ2) is 4.34.